The largest absolute Gasteiger partial charge is 0.465 e. The summed E-state index contributed by atoms with van der Waals surface area (Å²) in [6.45, 7) is 0. The first-order chi connectivity index (χ1) is 7.20. The second kappa shape index (κ2) is 3.94. The van der Waals surface area contributed by atoms with Gasteiger partial charge in [-0.15, -0.1) is 0 Å². The Kier molecular flexibility index (Phi) is 2.80. The van der Waals surface area contributed by atoms with Crippen molar-refractivity contribution >= 4 is 21.9 Å². The maximum Gasteiger partial charge on any atom is 0.338 e. The van der Waals surface area contributed by atoms with E-state index in [1.807, 2.05) is 12.1 Å². The molecule has 2 atom stereocenters. The van der Waals surface area contributed by atoms with E-state index < -0.39 is 0 Å². The van der Waals surface area contributed by atoms with Crippen molar-refractivity contribution in [2.75, 3.05) is 14.2 Å². The molecule has 0 amide bonds. The van der Waals surface area contributed by atoms with Gasteiger partial charge in [-0.3, -0.25) is 0 Å². The fourth-order valence-electron chi connectivity index (χ4n) is 1.89. The topological polar surface area (TPSA) is 35.5 Å². The van der Waals surface area contributed by atoms with E-state index >= 15 is 0 Å². The smallest absolute Gasteiger partial charge is 0.338 e. The molecule has 0 saturated carbocycles. The van der Waals surface area contributed by atoms with Gasteiger partial charge in [-0.05, 0) is 17.2 Å². The Balaban J connectivity index is 2.45. The lowest BCUT2D eigenvalue weighted by atomic mass is 9.82. The Labute approximate surface area is 96.5 Å². The molecule has 0 aliphatic heterocycles. The molecule has 1 aromatic carbocycles. The van der Waals surface area contributed by atoms with Crippen LogP contribution in [-0.4, -0.2) is 20.2 Å². The maximum atomic E-state index is 11.5. The van der Waals surface area contributed by atoms with Crippen LogP contribution < -0.4 is 0 Å². The van der Waals surface area contributed by atoms with Gasteiger partial charge in [0.05, 0.1) is 23.6 Å². The van der Waals surface area contributed by atoms with Crippen LogP contribution >= 0.6 is 15.9 Å². The summed E-state index contributed by atoms with van der Waals surface area (Å²) in [5.74, 6) is -0.300. The molecule has 0 radical (unpaired) electrons. The molecule has 15 heavy (non-hydrogen) atoms. The Bertz CT molecular complexity index is 403. The predicted octanol–water partition coefficient (Wildman–Crippen LogP) is 2.61. The van der Waals surface area contributed by atoms with E-state index in [9.17, 15) is 4.79 Å². The first kappa shape index (κ1) is 10.6. The third-order valence-corrected chi connectivity index (χ3v) is 3.59. The van der Waals surface area contributed by atoms with Crippen LogP contribution in [-0.2, 0) is 9.47 Å². The normalized spacial score (nSPS) is 22.9. The van der Waals surface area contributed by atoms with Gasteiger partial charge in [0.15, 0.2) is 0 Å². The Hall–Kier alpha value is -0.870. The number of ether oxygens (including phenoxy) is 2. The first-order valence-electron chi connectivity index (χ1n) is 4.58. The average molecular weight is 271 g/mol. The zero-order valence-electron chi connectivity index (χ0n) is 8.49. The third-order valence-electron chi connectivity index (χ3n) is 2.65. The summed E-state index contributed by atoms with van der Waals surface area (Å²) in [7, 11) is 3.05. The number of fused-ring (bicyclic) bond motifs is 1. The SMILES string of the molecule is COC(=O)c1cccc2c1[C@@H](Br)[C@@H]2OC. The van der Waals surface area contributed by atoms with E-state index in [0.717, 1.165) is 11.1 Å². The summed E-state index contributed by atoms with van der Waals surface area (Å²) in [6.07, 6.45) is 0.0320. The lowest BCUT2D eigenvalue weighted by Crippen LogP contribution is -2.25. The number of hydrogen-bond donors (Lipinski definition) is 0. The minimum Gasteiger partial charge on any atom is -0.465 e. The van der Waals surface area contributed by atoms with Gasteiger partial charge in [-0.2, -0.15) is 0 Å². The number of rotatable bonds is 2. The van der Waals surface area contributed by atoms with Gasteiger partial charge < -0.3 is 9.47 Å². The average Bonchev–Trinajstić information content (AvgIpc) is 2.27. The van der Waals surface area contributed by atoms with Crippen molar-refractivity contribution in [3.05, 3.63) is 34.9 Å². The van der Waals surface area contributed by atoms with Crippen molar-refractivity contribution in [3.8, 4) is 0 Å². The molecule has 80 valence electrons. The Morgan fingerprint density at radius 3 is 2.73 bits per heavy atom. The highest BCUT2D eigenvalue weighted by molar-refractivity contribution is 9.09. The van der Waals surface area contributed by atoms with E-state index in [2.05, 4.69) is 15.9 Å². The Morgan fingerprint density at radius 2 is 2.13 bits per heavy atom. The molecule has 1 aliphatic carbocycles. The number of hydrogen-bond acceptors (Lipinski definition) is 3. The van der Waals surface area contributed by atoms with Gasteiger partial charge >= 0.3 is 5.97 Å². The van der Waals surface area contributed by atoms with E-state index in [4.69, 9.17) is 9.47 Å². The summed E-state index contributed by atoms with van der Waals surface area (Å²) in [5.41, 5.74) is 2.66. The highest BCUT2D eigenvalue weighted by Gasteiger charge is 2.39. The van der Waals surface area contributed by atoms with E-state index in [1.54, 1.807) is 13.2 Å². The number of esters is 1. The van der Waals surface area contributed by atoms with Crippen LogP contribution in [0, 0.1) is 0 Å². The molecule has 0 heterocycles. The summed E-state index contributed by atoms with van der Waals surface area (Å²) in [6, 6.07) is 5.58. The third kappa shape index (κ3) is 1.48. The summed E-state index contributed by atoms with van der Waals surface area (Å²) in [4.78, 5) is 11.6. The molecular weight excluding hydrogens is 260 g/mol. The molecule has 0 unspecified atom stereocenters. The standard InChI is InChI=1S/C11H11BrO3/c1-14-10-6-4-3-5-7(11(13)15-2)8(6)9(10)12/h3-5,9-10H,1-2H3/t9-,10-/m1/s1. The fraction of sp³-hybridized carbons (Fsp3) is 0.364. The molecule has 0 spiro atoms. The van der Waals surface area contributed by atoms with Gasteiger partial charge in [-0.25, -0.2) is 4.79 Å². The highest BCUT2D eigenvalue weighted by Crippen LogP contribution is 2.52. The molecule has 0 aromatic heterocycles. The molecular formula is C11H11BrO3. The van der Waals surface area contributed by atoms with Gasteiger partial charge in [0, 0.05) is 7.11 Å². The van der Waals surface area contributed by atoms with Crippen LogP contribution in [0.2, 0.25) is 0 Å². The zero-order chi connectivity index (χ0) is 11.0. The van der Waals surface area contributed by atoms with Crippen molar-refractivity contribution in [2.45, 2.75) is 10.9 Å². The second-order valence-electron chi connectivity index (χ2n) is 3.36. The summed E-state index contributed by atoms with van der Waals surface area (Å²) >= 11 is 3.50. The van der Waals surface area contributed by atoms with Gasteiger partial charge in [0.1, 0.15) is 0 Å². The first-order valence-corrected chi connectivity index (χ1v) is 5.50. The molecule has 0 N–H and O–H groups in total. The van der Waals surface area contributed by atoms with Crippen molar-refractivity contribution in [1.82, 2.24) is 0 Å². The fourth-order valence-corrected chi connectivity index (χ4v) is 2.90. The van der Waals surface area contributed by atoms with Crippen LogP contribution in [0.5, 0.6) is 0 Å². The molecule has 0 bridgehead atoms. The van der Waals surface area contributed by atoms with Crippen molar-refractivity contribution in [3.63, 3.8) is 0 Å². The predicted molar refractivity (Wildman–Crippen MR) is 59.2 cm³/mol. The molecule has 1 aromatic rings. The van der Waals surface area contributed by atoms with Crippen molar-refractivity contribution in [1.29, 1.82) is 0 Å². The van der Waals surface area contributed by atoms with Gasteiger partial charge in [0.2, 0.25) is 0 Å². The summed E-state index contributed by atoms with van der Waals surface area (Å²) in [5, 5.41) is 0. The summed E-state index contributed by atoms with van der Waals surface area (Å²) < 4.78 is 10.0. The van der Waals surface area contributed by atoms with Crippen LogP contribution in [0.15, 0.2) is 18.2 Å². The second-order valence-corrected chi connectivity index (χ2v) is 4.34. The van der Waals surface area contributed by atoms with Gasteiger partial charge in [-0.1, -0.05) is 28.1 Å². The lowest BCUT2D eigenvalue weighted by molar-refractivity contribution is 0.0583. The van der Waals surface area contributed by atoms with E-state index in [0.29, 0.717) is 5.56 Å². The quantitative estimate of drug-likeness (QED) is 0.612. The van der Waals surface area contributed by atoms with Crippen molar-refractivity contribution < 1.29 is 14.3 Å². The zero-order valence-corrected chi connectivity index (χ0v) is 10.1. The molecule has 1 aliphatic rings. The van der Waals surface area contributed by atoms with Crippen LogP contribution in [0.3, 0.4) is 0 Å². The highest BCUT2D eigenvalue weighted by atomic mass is 79.9. The number of benzene rings is 1. The lowest BCUT2D eigenvalue weighted by Gasteiger charge is -2.35. The molecule has 0 fully saturated rings. The number of carbonyl (C=O) groups excluding carboxylic acids is 1. The van der Waals surface area contributed by atoms with E-state index in [-0.39, 0.29) is 16.9 Å². The molecule has 3 nitrogen and oxygen atoms in total. The monoisotopic (exact) mass is 270 g/mol. The number of alkyl halides is 1. The number of halogens is 1. The van der Waals surface area contributed by atoms with Crippen LogP contribution in [0.25, 0.3) is 0 Å². The van der Waals surface area contributed by atoms with Crippen LogP contribution in [0.4, 0.5) is 0 Å². The number of carbonyl (C=O) groups is 1. The molecule has 2 rings (SSSR count). The minimum absolute atomic E-state index is 0.0320. The van der Waals surface area contributed by atoms with Crippen LogP contribution in [0.1, 0.15) is 32.4 Å². The van der Waals surface area contributed by atoms with E-state index in [1.165, 1.54) is 7.11 Å². The molecule has 0 saturated heterocycles. The minimum atomic E-state index is -0.300. The molecule has 4 heteroatoms. The van der Waals surface area contributed by atoms with Gasteiger partial charge in [0.25, 0.3) is 0 Å². The number of methoxy groups -OCH3 is 2. The van der Waals surface area contributed by atoms with Crippen molar-refractivity contribution in [2.24, 2.45) is 0 Å². The maximum absolute atomic E-state index is 11.5. The Morgan fingerprint density at radius 1 is 1.40 bits per heavy atom.